The highest BCUT2D eigenvalue weighted by molar-refractivity contribution is 7.80. The molecule has 2 aliphatic heterocycles. The number of rotatable bonds is 11. The van der Waals surface area contributed by atoms with E-state index in [4.69, 9.17) is 37.7 Å². The third-order valence-corrected chi connectivity index (χ3v) is 10.1. The topological polar surface area (TPSA) is 180 Å². The minimum Gasteiger partial charge on any atom is -0.493 e. The smallest absolute Gasteiger partial charge is 0.329 e. The van der Waals surface area contributed by atoms with E-state index >= 15 is 0 Å². The van der Waals surface area contributed by atoms with E-state index < -0.39 is 24.6 Å². The number of benzene rings is 1. The van der Waals surface area contributed by atoms with Gasteiger partial charge in [-0.1, -0.05) is 13.0 Å². The van der Waals surface area contributed by atoms with E-state index in [1.807, 2.05) is 18.0 Å². The predicted molar refractivity (Wildman–Crippen MR) is 196 cm³/mol. The maximum atomic E-state index is 13.6. The van der Waals surface area contributed by atoms with E-state index in [-0.39, 0.29) is 54.6 Å². The van der Waals surface area contributed by atoms with E-state index in [0.29, 0.717) is 54.3 Å². The zero-order valence-corrected chi connectivity index (χ0v) is 31.2. The number of methoxy groups -OCH3 is 1. The van der Waals surface area contributed by atoms with Crippen LogP contribution in [0.2, 0.25) is 0 Å². The van der Waals surface area contributed by atoms with Gasteiger partial charge in [0.25, 0.3) is 11.7 Å². The number of fused-ring (bicyclic) bond motifs is 1. The van der Waals surface area contributed by atoms with Gasteiger partial charge in [-0.15, -0.1) is 0 Å². The number of likely N-dealkylation sites (tertiary alicyclic amines) is 1. The van der Waals surface area contributed by atoms with Gasteiger partial charge < -0.3 is 58.7 Å². The molecule has 2 aliphatic rings. The Bertz CT molecular complexity index is 1820. The minimum absolute atomic E-state index is 0.0287. The van der Waals surface area contributed by atoms with Crippen molar-refractivity contribution in [2.24, 2.45) is 5.92 Å². The molecule has 0 aliphatic carbocycles. The Morgan fingerprint density at radius 3 is 2.58 bits per heavy atom. The first-order chi connectivity index (χ1) is 25.3. The molecule has 0 unspecified atom stereocenters. The van der Waals surface area contributed by atoms with Crippen LogP contribution in [-0.2, 0) is 20.9 Å². The Morgan fingerprint density at radius 2 is 1.85 bits per heavy atom. The molecule has 4 heterocycles. The molecule has 3 N–H and O–H groups in total. The predicted octanol–water partition coefficient (Wildman–Crippen LogP) is 1.18. The van der Waals surface area contributed by atoms with Crippen molar-refractivity contribution in [1.82, 2.24) is 29.2 Å². The molecule has 17 nitrogen and oxygen atoms in total. The highest BCUT2D eigenvalue weighted by Gasteiger charge is 2.39. The van der Waals surface area contributed by atoms with Gasteiger partial charge in [-0.05, 0) is 48.3 Å². The number of amides is 2. The van der Waals surface area contributed by atoms with Crippen molar-refractivity contribution in [3.63, 3.8) is 0 Å². The highest BCUT2D eigenvalue weighted by atomic mass is 32.1. The van der Waals surface area contributed by atoms with E-state index in [1.165, 1.54) is 18.0 Å². The van der Waals surface area contributed by atoms with Crippen LogP contribution < -0.4 is 14.4 Å². The molecule has 0 radical (unpaired) electrons. The summed E-state index contributed by atoms with van der Waals surface area (Å²) in [4.78, 5) is 45.3. The summed E-state index contributed by atoms with van der Waals surface area (Å²) in [7, 11) is 6.84. The number of anilines is 1. The molecule has 0 saturated carbocycles. The van der Waals surface area contributed by atoms with Gasteiger partial charge in [-0.25, -0.2) is 21.3 Å². The SMILES string of the molecule is [C-]#[N+]CC(=O)N1CC[C@@H](C)[C@@H](N(C)c2ncnc3c2ccn3C(=O)N(C)CCN(C)C(=S)OCc2ccc(O[C@@H]3OC[C@@H](O)[C@H](O)[C@H]3O)c(OC)c2)C1. The molecular weight excluding hydrogens is 708 g/mol. The fourth-order valence-corrected chi connectivity index (χ4v) is 6.46. The number of aromatic nitrogens is 3. The quantitative estimate of drug-likeness (QED) is 0.188. The van der Waals surface area contributed by atoms with Crippen LogP contribution in [0.25, 0.3) is 15.9 Å². The number of likely N-dealkylation sites (N-methyl/N-ethyl adjacent to an activating group) is 3. The van der Waals surface area contributed by atoms with Gasteiger partial charge in [0.2, 0.25) is 6.29 Å². The fourth-order valence-electron chi connectivity index (χ4n) is 6.31. The third kappa shape index (κ3) is 8.88. The summed E-state index contributed by atoms with van der Waals surface area (Å²) in [5.41, 5.74) is 1.18. The van der Waals surface area contributed by atoms with Crippen LogP contribution in [0.3, 0.4) is 0 Å². The molecule has 2 saturated heterocycles. The summed E-state index contributed by atoms with van der Waals surface area (Å²) in [6, 6.07) is 6.52. The zero-order chi connectivity index (χ0) is 38.4. The normalized spacial score (nSPS) is 22.8. The van der Waals surface area contributed by atoms with E-state index in [2.05, 4.69) is 21.7 Å². The minimum atomic E-state index is -1.45. The van der Waals surface area contributed by atoms with Crippen molar-refractivity contribution in [3.05, 3.63) is 53.8 Å². The Labute approximate surface area is 313 Å². The standard InChI is InChI=1S/C35H46N8O9S/c1-21-9-11-42(28(45)16-36-2)17-24(21)41(5)31-23-10-12-43(32(23)38-20-37-31)34(48)39(3)13-14-40(4)35(53)51-18-22-7-8-26(27(15-22)49-6)52-33-30(47)29(46)25(44)19-50-33/h7-8,10,12,15,20-21,24-25,29-30,33,44,46-47H,9,11,13-14,16-19H2,1,3-6H3/t21-,24+,25-,29+,30-,33+/m1/s1. The van der Waals surface area contributed by atoms with Crippen LogP contribution in [-0.4, -0.2) is 160 Å². The molecule has 3 aromatic rings. The third-order valence-electron chi connectivity index (χ3n) is 9.68. The summed E-state index contributed by atoms with van der Waals surface area (Å²) in [5, 5.41) is 30.8. The lowest BCUT2D eigenvalue weighted by Gasteiger charge is -2.41. The molecule has 18 heteroatoms. The number of piperidine rings is 1. The molecule has 2 fully saturated rings. The second-order valence-corrected chi connectivity index (χ2v) is 13.6. The average molecular weight is 755 g/mol. The summed E-state index contributed by atoms with van der Waals surface area (Å²) >= 11 is 5.49. The van der Waals surface area contributed by atoms with Crippen LogP contribution in [0.5, 0.6) is 11.5 Å². The Kier molecular flexibility index (Phi) is 12.9. The van der Waals surface area contributed by atoms with Gasteiger partial charge >= 0.3 is 11.9 Å². The number of carbonyl (C=O) groups excluding carboxylic acids is 2. The number of nitrogens with zero attached hydrogens (tertiary/aromatic N) is 8. The van der Waals surface area contributed by atoms with Gasteiger partial charge in [0.1, 0.15) is 37.1 Å². The molecular formula is C35H46N8O9S. The first-order valence-corrected chi connectivity index (χ1v) is 17.5. The molecule has 0 spiro atoms. The molecule has 1 aromatic carbocycles. The van der Waals surface area contributed by atoms with Crippen molar-refractivity contribution in [1.29, 1.82) is 0 Å². The Balaban J connectivity index is 1.15. The number of carbonyl (C=O) groups is 2. The largest absolute Gasteiger partial charge is 0.493 e. The van der Waals surface area contributed by atoms with Gasteiger partial charge in [-0.3, -0.25) is 9.36 Å². The highest BCUT2D eigenvalue weighted by Crippen LogP contribution is 2.32. The number of hydrogen-bond acceptors (Lipinski definition) is 13. The lowest BCUT2D eigenvalue weighted by Crippen LogP contribution is -2.54. The van der Waals surface area contributed by atoms with Gasteiger partial charge in [-0.2, -0.15) is 0 Å². The maximum Gasteiger partial charge on any atom is 0.329 e. The maximum absolute atomic E-state index is 13.6. The van der Waals surface area contributed by atoms with Crippen molar-refractivity contribution in [3.8, 4) is 11.5 Å². The molecule has 2 amide bonds. The van der Waals surface area contributed by atoms with Crippen molar-refractivity contribution in [2.45, 2.75) is 50.6 Å². The van der Waals surface area contributed by atoms with Crippen molar-refractivity contribution < 1.29 is 43.9 Å². The second-order valence-electron chi connectivity index (χ2n) is 13.3. The number of aliphatic hydroxyl groups excluding tert-OH is 3. The average Bonchev–Trinajstić information content (AvgIpc) is 3.60. The van der Waals surface area contributed by atoms with Crippen molar-refractivity contribution in [2.75, 3.05) is 72.5 Å². The molecule has 53 heavy (non-hydrogen) atoms. The molecule has 6 atom stereocenters. The molecule has 0 bridgehead atoms. The van der Waals surface area contributed by atoms with Crippen LogP contribution >= 0.6 is 12.2 Å². The van der Waals surface area contributed by atoms with Gasteiger partial charge in [0, 0.05) is 53.5 Å². The van der Waals surface area contributed by atoms with Crippen LogP contribution in [0.15, 0.2) is 36.8 Å². The lowest BCUT2D eigenvalue weighted by molar-refractivity contribution is -0.242. The van der Waals surface area contributed by atoms with Crippen LogP contribution in [0.4, 0.5) is 10.6 Å². The lowest BCUT2D eigenvalue weighted by atomic mass is 9.92. The van der Waals surface area contributed by atoms with Crippen LogP contribution in [0, 0.1) is 12.5 Å². The van der Waals surface area contributed by atoms with Gasteiger partial charge in [0.05, 0.1) is 25.1 Å². The Morgan fingerprint density at radius 1 is 1.09 bits per heavy atom. The summed E-state index contributed by atoms with van der Waals surface area (Å²) < 4.78 is 23.8. The Hall–Kier alpha value is -4.80. The molecule has 286 valence electrons. The van der Waals surface area contributed by atoms with Gasteiger partial charge in [0.15, 0.2) is 17.1 Å². The number of thiocarbonyl (C=S) groups is 1. The number of ether oxygens (including phenoxy) is 4. The van der Waals surface area contributed by atoms with E-state index in [9.17, 15) is 24.9 Å². The summed E-state index contributed by atoms with van der Waals surface area (Å²) in [6.45, 7) is 10.8. The number of hydrogen-bond donors (Lipinski definition) is 3. The van der Waals surface area contributed by atoms with E-state index in [1.54, 1.807) is 53.2 Å². The molecule has 2 aromatic heterocycles. The summed E-state index contributed by atoms with van der Waals surface area (Å²) in [5.74, 6) is 1.35. The molecule has 5 rings (SSSR count). The van der Waals surface area contributed by atoms with Crippen LogP contribution in [0.1, 0.15) is 18.9 Å². The van der Waals surface area contributed by atoms with Crippen molar-refractivity contribution >= 4 is 46.2 Å². The zero-order valence-electron chi connectivity index (χ0n) is 30.4. The van der Waals surface area contributed by atoms with E-state index in [0.717, 1.165) is 6.42 Å². The fraction of sp³-hybridized carbons (Fsp3) is 0.543. The second kappa shape index (κ2) is 17.4. The monoisotopic (exact) mass is 754 g/mol. The summed E-state index contributed by atoms with van der Waals surface area (Å²) in [6.07, 6.45) is -1.36. The first-order valence-electron chi connectivity index (χ1n) is 17.1. The first kappa shape index (κ1) is 39.4. The number of aliphatic hydroxyl groups is 3.